The second kappa shape index (κ2) is 6.89. The molecule has 2 saturated heterocycles. The fraction of sp³-hybridized carbons (Fsp3) is 0.529. The molecule has 3 rings (SSSR count). The van der Waals surface area contributed by atoms with Crippen LogP contribution in [0.5, 0.6) is 0 Å². The van der Waals surface area contributed by atoms with Crippen molar-refractivity contribution in [2.45, 2.75) is 37.8 Å². The maximum atomic E-state index is 12.6. The lowest BCUT2D eigenvalue weighted by Gasteiger charge is -2.31. The Morgan fingerprint density at radius 2 is 1.83 bits per heavy atom. The van der Waals surface area contributed by atoms with Gasteiger partial charge < -0.3 is 10.2 Å². The van der Waals surface area contributed by atoms with Crippen LogP contribution in [0.25, 0.3) is 0 Å². The minimum Gasteiger partial charge on any atom is -0.351 e. The summed E-state index contributed by atoms with van der Waals surface area (Å²) in [6.45, 7) is 1.99. The Hall–Kier alpha value is -1.59. The molecule has 2 aliphatic heterocycles. The first kappa shape index (κ1) is 16.3. The summed E-state index contributed by atoms with van der Waals surface area (Å²) in [4.78, 5) is 28.7. The average Bonchev–Trinajstić information content (AvgIpc) is 2.92. The fourth-order valence-electron chi connectivity index (χ4n) is 3.31. The molecule has 6 heteroatoms. The monoisotopic (exact) mass is 335 g/mol. The molecule has 5 nitrogen and oxygen atoms in total. The second-order valence-electron chi connectivity index (χ2n) is 6.38. The van der Waals surface area contributed by atoms with Gasteiger partial charge >= 0.3 is 0 Å². The van der Waals surface area contributed by atoms with E-state index in [-0.39, 0.29) is 17.9 Å². The summed E-state index contributed by atoms with van der Waals surface area (Å²) in [6, 6.07) is 6.87. The zero-order valence-electron chi connectivity index (χ0n) is 13.3. The molecule has 2 heterocycles. The molecular weight excluding hydrogens is 314 g/mol. The smallest absolute Gasteiger partial charge is 0.243 e. The molecule has 0 saturated carbocycles. The minimum atomic E-state index is -0.414. The first-order valence-corrected chi connectivity index (χ1v) is 8.49. The Labute approximate surface area is 141 Å². The Balaban J connectivity index is 1.69. The van der Waals surface area contributed by atoms with Crippen molar-refractivity contribution in [3.63, 3.8) is 0 Å². The fourth-order valence-corrected chi connectivity index (χ4v) is 3.43. The van der Waals surface area contributed by atoms with E-state index >= 15 is 0 Å². The Kier molecular flexibility index (Phi) is 4.87. The molecule has 1 aromatic rings. The van der Waals surface area contributed by atoms with Gasteiger partial charge in [0.15, 0.2) is 0 Å². The van der Waals surface area contributed by atoms with Crippen molar-refractivity contribution in [1.82, 2.24) is 10.2 Å². The van der Waals surface area contributed by atoms with Gasteiger partial charge in [0.05, 0.1) is 0 Å². The van der Waals surface area contributed by atoms with Crippen LogP contribution in [-0.4, -0.2) is 48.9 Å². The van der Waals surface area contributed by atoms with E-state index in [2.05, 4.69) is 17.3 Å². The molecule has 2 fully saturated rings. The van der Waals surface area contributed by atoms with E-state index in [1.165, 1.54) is 0 Å². The van der Waals surface area contributed by atoms with Gasteiger partial charge in [0, 0.05) is 23.2 Å². The van der Waals surface area contributed by atoms with Crippen molar-refractivity contribution in [2.75, 3.05) is 25.0 Å². The van der Waals surface area contributed by atoms with Gasteiger partial charge in [-0.15, -0.1) is 0 Å². The molecule has 124 valence electrons. The number of benzene rings is 1. The standard InChI is InChI=1S/C17H22ClN3O2/c1-20-10-8-13(9-11-20)19-17(23)15-6-7-16(22)21(15)14-4-2-12(18)3-5-14/h2-5,13,15H,6-11H2,1H3,(H,19,23). The summed E-state index contributed by atoms with van der Waals surface area (Å²) in [5.74, 6) is -0.0452. The van der Waals surface area contributed by atoms with Crippen molar-refractivity contribution >= 4 is 29.1 Å². The summed E-state index contributed by atoms with van der Waals surface area (Å²) >= 11 is 5.91. The van der Waals surface area contributed by atoms with Gasteiger partial charge in [-0.3, -0.25) is 14.5 Å². The van der Waals surface area contributed by atoms with Crippen LogP contribution >= 0.6 is 11.6 Å². The highest BCUT2D eigenvalue weighted by molar-refractivity contribution is 6.30. The molecule has 1 N–H and O–H groups in total. The molecular formula is C17H22ClN3O2. The normalized spacial score (nSPS) is 23.3. The Morgan fingerprint density at radius 3 is 2.48 bits per heavy atom. The number of amides is 2. The third-order valence-electron chi connectivity index (χ3n) is 4.68. The highest BCUT2D eigenvalue weighted by atomic mass is 35.5. The van der Waals surface area contributed by atoms with Crippen molar-refractivity contribution in [3.8, 4) is 0 Å². The van der Waals surface area contributed by atoms with Crippen molar-refractivity contribution in [3.05, 3.63) is 29.3 Å². The van der Waals surface area contributed by atoms with Crippen LogP contribution < -0.4 is 10.2 Å². The second-order valence-corrected chi connectivity index (χ2v) is 6.82. The van der Waals surface area contributed by atoms with Crippen LogP contribution in [0.4, 0.5) is 5.69 Å². The number of nitrogens with one attached hydrogen (secondary N) is 1. The number of likely N-dealkylation sites (tertiary alicyclic amines) is 1. The Bertz CT molecular complexity index is 582. The lowest BCUT2D eigenvalue weighted by atomic mass is 10.0. The summed E-state index contributed by atoms with van der Waals surface area (Å²) in [6.07, 6.45) is 2.90. The van der Waals surface area contributed by atoms with Gasteiger partial charge in [-0.05, 0) is 63.7 Å². The van der Waals surface area contributed by atoms with Gasteiger partial charge in [-0.1, -0.05) is 11.6 Å². The van der Waals surface area contributed by atoms with Crippen LogP contribution in [0.3, 0.4) is 0 Å². The van der Waals surface area contributed by atoms with Gasteiger partial charge in [0.2, 0.25) is 11.8 Å². The van der Waals surface area contributed by atoms with E-state index in [0.717, 1.165) is 31.6 Å². The molecule has 0 spiro atoms. The molecule has 2 aliphatic rings. The number of piperidine rings is 1. The van der Waals surface area contributed by atoms with Gasteiger partial charge in [-0.2, -0.15) is 0 Å². The number of rotatable bonds is 3. The van der Waals surface area contributed by atoms with Crippen molar-refractivity contribution in [1.29, 1.82) is 0 Å². The molecule has 23 heavy (non-hydrogen) atoms. The molecule has 0 aromatic heterocycles. The van der Waals surface area contributed by atoms with Gasteiger partial charge in [0.1, 0.15) is 6.04 Å². The van der Waals surface area contributed by atoms with Gasteiger partial charge in [-0.25, -0.2) is 0 Å². The third kappa shape index (κ3) is 3.67. The summed E-state index contributed by atoms with van der Waals surface area (Å²) in [5.41, 5.74) is 0.737. The zero-order chi connectivity index (χ0) is 16.4. The number of anilines is 1. The van der Waals surface area contributed by atoms with E-state index < -0.39 is 6.04 Å². The minimum absolute atomic E-state index is 0.00384. The number of hydrogen-bond acceptors (Lipinski definition) is 3. The summed E-state index contributed by atoms with van der Waals surface area (Å²) in [5, 5.41) is 3.75. The lowest BCUT2D eigenvalue weighted by Crippen LogP contribution is -2.50. The summed E-state index contributed by atoms with van der Waals surface area (Å²) < 4.78 is 0. The van der Waals surface area contributed by atoms with E-state index in [1.807, 2.05) is 0 Å². The van der Waals surface area contributed by atoms with E-state index in [0.29, 0.717) is 17.9 Å². The number of carbonyl (C=O) groups excluding carboxylic acids is 2. The van der Waals surface area contributed by atoms with E-state index in [1.54, 1.807) is 29.2 Å². The number of carbonyl (C=O) groups is 2. The number of halogens is 1. The van der Waals surface area contributed by atoms with Crippen LogP contribution in [0.1, 0.15) is 25.7 Å². The number of nitrogens with zero attached hydrogens (tertiary/aromatic N) is 2. The predicted octanol–water partition coefficient (Wildman–Crippen LogP) is 2.05. The van der Waals surface area contributed by atoms with Crippen LogP contribution in [-0.2, 0) is 9.59 Å². The molecule has 1 atom stereocenters. The molecule has 0 aliphatic carbocycles. The maximum absolute atomic E-state index is 12.6. The highest BCUT2D eigenvalue weighted by Crippen LogP contribution is 2.28. The Morgan fingerprint density at radius 1 is 1.17 bits per heavy atom. The highest BCUT2D eigenvalue weighted by Gasteiger charge is 2.37. The van der Waals surface area contributed by atoms with Crippen LogP contribution in [0.2, 0.25) is 5.02 Å². The average molecular weight is 336 g/mol. The van der Waals surface area contributed by atoms with Crippen LogP contribution in [0.15, 0.2) is 24.3 Å². The third-order valence-corrected chi connectivity index (χ3v) is 4.94. The predicted molar refractivity (Wildman–Crippen MR) is 90.6 cm³/mol. The lowest BCUT2D eigenvalue weighted by molar-refractivity contribution is -0.124. The van der Waals surface area contributed by atoms with Crippen LogP contribution in [0, 0.1) is 0 Å². The maximum Gasteiger partial charge on any atom is 0.243 e. The zero-order valence-corrected chi connectivity index (χ0v) is 14.1. The van der Waals surface area contributed by atoms with Crippen molar-refractivity contribution < 1.29 is 9.59 Å². The summed E-state index contributed by atoms with van der Waals surface area (Å²) in [7, 11) is 2.09. The largest absolute Gasteiger partial charge is 0.351 e. The quantitative estimate of drug-likeness (QED) is 0.919. The molecule has 1 aromatic carbocycles. The first-order chi connectivity index (χ1) is 11.0. The van der Waals surface area contributed by atoms with Gasteiger partial charge in [0.25, 0.3) is 0 Å². The molecule has 2 amide bonds. The van der Waals surface area contributed by atoms with Crippen molar-refractivity contribution in [2.24, 2.45) is 0 Å². The molecule has 0 radical (unpaired) electrons. The van der Waals surface area contributed by atoms with E-state index in [9.17, 15) is 9.59 Å². The number of hydrogen-bond donors (Lipinski definition) is 1. The first-order valence-electron chi connectivity index (χ1n) is 8.11. The van der Waals surface area contributed by atoms with E-state index in [4.69, 9.17) is 11.6 Å². The topological polar surface area (TPSA) is 52.7 Å². The molecule has 0 bridgehead atoms. The SMILES string of the molecule is CN1CCC(NC(=O)C2CCC(=O)N2c2ccc(Cl)cc2)CC1. The molecule has 1 unspecified atom stereocenters.